The summed E-state index contributed by atoms with van der Waals surface area (Å²) in [4.78, 5) is 12.0. The zero-order valence-electron chi connectivity index (χ0n) is 10.3. The van der Waals surface area contributed by atoms with Gasteiger partial charge in [-0.05, 0) is 18.1 Å². The fraction of sp³-hybridized carbons (Fsp3) is 0.188. The largest absolute Gasteiger partial charge is 0.426 e. The number of carbonyl (C=O) groups excluding carboxylic acids is 1. The summed E-state index contributed by atoms with van der Waals surface area (Å²) in [7, 11) is 0. The Labute approximate surface area is 111 Å². The molecule has 0 aliphatic carbocycles. The highest BCUT2D eigenvalue weighted by Crippen LogP contribution is 2.37. The van der Waals surface area contributed by atoms with E-state index >= 15 is 0 Å². The van der Waals surface area contributed by atoms with Gasteiger partial charge in [-0.25, -0.2) is 0 Å². The molecule has 3 rings (SSSR count). The highest BCUT2D eigenvalue weighted by atomic mass is 16.5. The van der Waals surface area contributed by atoms with Gasteiger partial charge in [-0.2, -0.15) is 0 Å². The molecule has 2 atom stereocenters. The van der Waals surface area contributed by atoms with Crippen molar-refractivity contribution in [1.82, 2.24) is 0 Å². The molecular weight excluding hydrogens is 240 g/mol. The molecule has 19 heavy (non-hydrogen) atoms. The number of aliphatic hydroxyl groups is 1. The summed E-state index contributed by atoms with van der Waals surface area (Å²) in [6, 6.07) is 16.8. The van der Waals surface area contributed by atoms with Crippen molar-refractivity contribution in [2.45, 2.75) is 12.5 Å². The molecule has 2 aromatic rings. The fourth-order valence-electron chi connectivity index (χ4n) is 2.41. The molecule has 0 radical (unpaired) electrons. The van der Waals surface area contributed by atoms with Gasteiger partial charge in [-0.15, -0.1) is 0 Å². The van der Waals surface area contributed by atoms with Gasteiger partial charge in [0.1, 0.15) is 5.75 Å². The number of para-hydroxylation sites is 1. The molecule has 0 fully saturated rings. The lowest BCUT2D eigenvalue weighted by molar-refractivity contribution is -0.145. The quantitative estimate of drug-likeness (QED) is 0.661. The molecule has 0 amide bonds. The Kier molecular flexibility index (Phi) is 3.05. The predicted octanol–water partition coefficient (Wildman–Crippen LogP) is 2.50. The third-order valence-corrected chi connectivity index (χ3v) is 3.43. The first kappa shape index (κ1) is 11.9. The van der Waals surface area contributed by atoms with Crippen LogP contribution in [-0.4, -0.2) is 11.1 Å². The minimum atomic E-state index is -0.808. The molecular formula is C16H14O3. The van der Waals surface area contributed by atoms with Crippen LogP contribution < -0.4 is 4.74 Å². The van der Waals surface area contributed by atoms with Crippen molar-refractivity contribution >= 4 is 5.97 Å². The molecule has 0 aromatic heterocycles. The second-order valence-corrected chi connectivity index (χ2v) is 4.70. The number of ether oxygens (including phenoxy) is 1. The molecule has 3 heteroatoms. The molecule has 1 aliphatic heterocycles. The smallest absolute Gasteiger partial charge is 0.317 e. The summed E-state index contributed by atoms with van der Waals surface area (Å²) in [6.07, 6.45) is -0.326. The first-order valence-electron chi connectivity index (χ1n) is 6.28. The van der Waals surface area contributed by atoms with Crippen LogP contribution in [0.4, 0.5) is 0 Å². The van der Waals surface area contributed by atoms with Crippen molar-refractivity contribution in [2.75, 3.05) is 0 Å². The van der Waals surface area contributed by atoms with Crippen LogP contribution in [0.3, 0.4) is 0 Å². The van der Waals surface area contributed by atoms with Gasteiger partial charge in [0.2, 0.25) is 0 Å². The normalized spacial score (nSPS) is 21.6. The zero-order chi connectivity index (χ0) is 13.2. The fourth-order valence-corrected chi connectivity index (χ4v) is 2.41. The van der Waals surface area contributed by atoms with Crippen LogP contribution in [0, 0.1) is 5.92 Å². The van der Waals surface area contributed by atoms with E-state index in [-0.39, 0.29) is 5.97 Å². The van der Waals surface area contributed by atoms with E-state index in [0.717, 1.165) is 5.56 Å². The van der Waals surface area contributed by atoms with Gasteiger partial charge in [0, 0.05) is 5.56 Å². The van der Waals surface area contributed by atoms with Crippen LogP contribution in [0.1, 0.15) is 17.2 Å². The lowest BCUT2D eigenvalue weighted by atomic mass is 9.87. The molecule has 1 aliphatic rings. The zero-order valence-corrected chi connectivity index (χ0v) is 10.3. The van der Waals surface area contributed by atoms with Gasteiger partial charge in [0.05, 0.1) is 12.0 Å². The van der Waals surface area contributed by atoms with E-state index in [0.29, 0.717) is 17.7 Å². The Hall–Kier alpha value is -2.13. The maximum Gasteiger partial charge on any atom is 0.317 e. The van der Waals surface area contributed by atoms with Crippen LogP contribution in [0.5, 0.6) is 5.75 Å². The molecule has 1 N–H and O–H groups in total. The third-order valence-electron chi connectivity index (χ3n) is 3.43. The summed E-state index contributed by atoms with van der Waals surface area (Å²) in [6.45, 7) is 0. The second-order valence-electron chi connectivity index (χ2n) is 4.70. The van der Waals surface area contributed by atoms with Crippen molar-refractivity contribution < 1.29 is 14.6 Å². The van der Waals surface area contributed by atoms with Crippen molar-refractivity contribution in [2.24, 2.45) is 5.92 Å². The monoisotopic (exact) mass is 254 g/mol. The SMILES string of the molecule is O=C1Oc2ccccc2[C@@H](O)[C@@H]1Cc1ccccc1. The van der Waals surface area contributed by atoms with Crippen molar-refractivity contribution in [3.8, 4) is 5.75 Å². The maximum absolute atomic E-state index is 12.0. The summed E-state index contributed by atoms with van der Waals surface area (Å²) in [5.74, 6) is -0.448. The minimum absolute atomic E-state index is 0.366. The van der Waals surface area contributed by atoms with E-state index in [2.05, 4.69) is 0 Å². The van der Waals surface area contributed by atoms with Crippen molar-refractivity contribution in [1.29, 1.82) is 0 Å². The molecule has 0 saturated heterocycles. The standard InChI is InChI=1S/C16H14O3/c17-15-12-8-4-5-9-14(12)19-16(18)13(15)10-11-6-2-1-3-7-11/h1-9,13,15,17H,10H2/t13-,15+/m0/s1. The van der Waals surface area contributed by atoms with Gasteiger partial charge >= 0.3 is 5.97 Å². The molecule has 96 valence electrons. The van der Waals surface area contributed by atoms with Crippen LogP contribution in [-0.2, 0) is 11.2 Å². The van der Waals surface area contributed by atoms with Crippen LogP contribution >= 0.6 is 0 Å². The summed E-state index contributed by atoms with van der Waals surface area (Å²) < 4.78 is 5.29. The van der Waals surface area contributed by atoms with E-state index in [1.54, 1.807) is 18.2 Å². The highest BCUT2D eigenvalue weighted by Gasteiger charge is 2.36. The highest BCUT2D eigenvalue weighted by molar-refractivity contribution is 5.79. The first-order valence-corrected chi connectivity index (χ1v) is 6.28. The van der Waals surface area contributed by atoms with Gasteiger partial charge in [-0.1, -0.05) is 48.5 Å². The molecule has 0 saturated carbocycles. The Morgan fingerprint density at radius 2 is 1.68 bits per heavy atom. The average molecular weight is 254 g/mol. The Bertz CT molecular complexity index is 592. The van der Waals surface area contributed by atoms with Crippen LogP contribution in [0.15, 0.2) is 54.6 Å². The number of benzene rings is 2. The number of esters is 1. The average Bonchev–Trinajstić information content (AvgIpc) is 2.45. The predicted molar refractivity (Wildman–Crippen MR) is 70.7 cm³/mol. The lowest BCUT2D eigenvalue weighted by Gasteiger charge is -2.28. The van der Waals surface area contributed by atoms with E-state index < -0.39 is 12.0 Å². The Morgan fingerprint density at radius 3 is 2.47 bits per heavy atom. The number of aliphatic hydroxyl groups excluding tert-OH is 1. The molecule has 2 aromatic carbocycles. The maximum atomic E-state index is 12.0. The Balaban J connectivity index is 1.89. The molecule has 3 nitrogen and oxygen atoms in total. The van der Waals surface area contributed by atoms with E-state index in [9.17, 15) is 9.90 Å². The van der Waals surface area contributed by atoms with Crippen molar-refractivity contribution in [3.63, 3.8) is 0 Å². The van der Waals surface area contributed by atoms with Gasteiger partial charge in [-0.3, -0.25) is 4.79 Å². The third kappa shape index (κ3) is 2.25. The van der Waals surface area contributed by atoms with Crippen LogP contribution in [0.2, 0.25) is 0 Å². The minimum Gasteiger partial charge on any atom is -0.426 e. The molecule has 0 bridgehead atoms. The van der Waals surface area contributed by atoms with E-state index in [4.69, 9.17) is 4.74 Å². The number of rotatable bonds is 2. The van der Waals surface area contributed by atoms with Gasteiger partial charge in [0.15, 0.2) is 0 Å². The summed E-state index contributed by atoms with van der Waals surface area (Å²) in [5, 5.41) is 10.4. The van der Waals surface area contributed by atoms with E-state index in [1.165, 1.54) is 0 Å². The van der Waals surface area contributed by atoms with Crippen molar-refractivity contribution in [3.05, 3.63) is 65.7 Å². The Morgan fingerprint density at radius 1 is 1.00 bits per heavy atom. The van der Waals surface area contributed by atoms with Gasteiger partial charge in [0.25, 0.3) is 0 Å². The molecule has 0 spiro atoms. The topological polar surface area (TPSA) is 46.5 Å². The van der Waals surface area contributed by atoms with Crippen LogP contribution in [0.25, 0.3) is 0 Å². The summed E-state index contributed by atoms with van der Waals surface area (Å²) >= 11 is 0. The molecule has 0 unspecified atom stereocenters. The molecule has 1 heterocycles. The van der Waals surface area contributed by atoms with Gasteiger partial charge < -0.3 is 9.84 Å². The number of fused-ring (bicyclic) bond motifs is 1. The number of hydrogen-bond donors (Lipinski definition) is 1. The van der Waals surface area contributed by atoms with E-state index in [1.807, 2.05) is 36.4 Å². The number of hydrogen-bond acceptors (Lipinski definition) is 3. The summed E-state index contributed by atoms with van der Waals surface area (Å²) in [5.41, 5.74) is 1.70. The number of carbonyl (C=O) groups is 1. The lowest BCUT2D eigenvalue weighted by Crippen LogP contribution is -2.33. The second kappa shape index (κ2) is 4.86. The first-order chi connectivity index (χ1) is 9.25.